The molecular weight excluding hydrogens is 358 g/mol. The van der Waals surface area contributed by atoms with E-state index in [1.807, 2.05) is 0 Å². The van der Waals surface area contributed by atoms with E-state index >= 15 is 0 Å². The summed E-state index contributed by atoms with van der Waals surface area (Å²) in [4.78, 5) is 35.6. The van der Waals surface area contributed by atoms with E-state index < -0.39 is 41.5 Å². The molecule has 2 amide bonds. The number of halogens is 2. The van der Waals surface area contributed by atoms with Crippen LogP contribution in [-0.4, -0.2) is 28.9 Å². The van der Waals surface area contributed by atoms with Gasteiger partial charge in [-0.2, -0.15) is 0 Å². The number of carbonyl (C=O) groups excluding carboxylic acids is 2. The van der Waals surface area contributed by atoms with Crippen LogP contribution in [0, 0.1) is 11.6 Å². The van der Waals surface area contributed by atoms with E-state index in [-0.39, 0.29) is 12.0 Å². The zero-order valence-electron chi connectivity index (χ0n) is 14.4. The number of hydrogen-bond donors (Lipinski definition) is 3. The fourth-order valence-electron chi connectivity index (χ4n) is 2.46. The van der Waals surface area contributed by atoms with E-state index in [1.165, 1.54) is 6.92 Å². The van der Waals surface area contributed by atoms with Crippen LogP contribution >= 0.6 is 0 Å². The van der Waals surface area contributed by atoms with Gasteiger partial charge < -0.3 is 15.7 Å². The van der Waals surface area contributed by atoms with Crippen LogP contribution in [0.25, 0.3) is 0 Å². The summed E-state index contributed by atoms with van der Waals surface area (Å²) in [5.41, 5.74) is 0.498. The van der Waals surface area contributed by atoms with Crippen LogP contribution in [0.3, 0.4) is 0 Å². The number of benzene rings is 2. The van der Waals surface area contributed by atoms with Gasteiger partial charge >= 0.3 is 5.97 Å². The standard InChI is InChI=1S/C19H18F2N2O4/c1-11(22-16(24)9-12-7-14(20)10-15(21)8-12)18(25)23-17(19(26)27)13-5-3-2-4-6-13/h2-8,10-11,17H,9H2,1H3,(H,22,24)(H,23,25)(H,26,27)/t11?,17-/m0/s1. The first-order chi connectivity index (χ1) is 12.8. The predicted octanol–water partition coefficient (Wildman–Crippen LogP) is 1.95. The summed E-state index contributed by atoms with van der Waals surface area (Å²) in [6.45, 7) is 1.38. The zero-order chi connectivity index (χ0) is 20.0. The molecule has 3 N–H and O–H groups in total. The topological polar surface area (TPSA) is 95.5 Å². The molecule has 2 atom stereocenters. The van der Waals surface area contributed by atoms with Crippen molar-refractivity contribution in [2.45, 2.75) is 25.4 Å². The van der Waals surface area contributed by atoms with Crippen LogP contribution in [0.15, 0.2) is 48.5 Å². The van der Waals surface area contributed by atoms with Gasteiger partial charge in [0.2, 0.25) is 11.8 Å². The summed E-state index contributed by atoms with van der Waals surface area (Å²) in [6.07, 6.45) is -0.326. The lowest BCUT2D eigenvalue weighted by atomic mass is 10.1. The zero-order valence-corrected chi connectivity index (χ0v) is 14.4. The van der Waals surface area contributed by atoms with E-state index in [0.29, 0.717) is 11.6 Å². The molecule has 0 fully saturated rings. The average molecular weight is 376 g/mol. The minimum Gasteiger partial charge on any atom is -0.479 e. The third-order valence-electron chi connectivity index (χ3n) is 3.72. The molecule has 0 saturated heterocycles. The van der Waals surface area contributed by atoms with Gasteiger partial charge in [0.05, 0.1) is 6.42 Å². The van der Waals surface area contributed by atoms with Gasteiger partial charge in [-0.05, 0) is 30.2 Å². The van der Waals surface area contributed by atoms with Gasteiger partial charge in [0.15, 0.2) is 6.04 Å². The third-order valence-corrected chi connectivity index (χ3v) is 3.72. The first-order valence-corrected chi connectivity index (χ1v) is 8.08. The van der Waals surface area contributed by atoms with Crippen LogP contribution in [0.2, 0.25) is 0 Å². The summed E-state index contributed by atoms with van der Waals surface area (Å²) < 4.78 is 26.3. The molecule has 2 aromatic rings. The highest BCUT2D eigenvalue weighted by Crippen LogP contribution is 2.13. The minimum absolute atomic E-state index is 0.116. The summed E-state index contributed by atoms with van der Waals surface area (Å²) in [7, 11) is 0. The number of aliphatic carboxylic acids is 1. The molecule has 1 unspecified atom stereocenters. The highest BCUT2D eigenvalue weighted by Gasteiger charge is 2.25. The molecule has 0 saturated carbocycles. The molecule has 142 valence electrons. The largest absolute Gasteiger partial charge is 0.479 e. The van der Waals surface area contributed by atoms with Gasteiger partial charge in [-0.25, -0.2) is 13.6 Å². The summed E-state index contributed by atoms with van der Waals surface area (Å²) >= 11 is 0. The van der Waals surface area contributed by atoms with Crippen molar-refractivity contribution in [3.63, 3.8) is 0 Å². The van der Waals surface area contributed by atoms with E-state index in [9.17, 15) is 28.3 Å². The Morgan fingerprint density at radius 2 is 1.59 bits per heavy atom. The molecular formula is C19H18F2N2O4. The number of carboxylic acid groups (broad SMARTS) is 1. The molecule has 2 aromatic carbocycles. The number of nitrogens with one attached hydrogen (secondary N) is 2. The molecule has 0 radical (unpaired) electrons. The molecule has 0 spiro atoms. The first-order valence-electron chi connectivity index (χ1n) is 8.08. The van der Waals surface area contributed by atoms with Crippen molar-refractivity contribution in [2.24, 2.45) is 0 Å². The molecule has 0 bridgehead atoms. The normalized spacial score (nSPS) is 12.7. The Morgan fingerprint density at radius 1 is 1.00 bits per heavy atom. The average Bonchev–Trinajstić information content (AvgIpc) is 2.58. The Bertz CT molecular complexity index is 823. The minimum atomic E-state index is -1.27. The van der Waals surface area contributed by atoms with Gasteiger partial charge in [0, 0.05) is 6.07 Å². The fraction of sp³-hybridized carbons (Fsp3) is 0.211. The lowest BCUT2D eigenvalue weighted by Crippen LogP contribution is -2.47. The van der Waals surface area contributed by atoms with Gasteiger partial charge in [-0.15, -0.1) is 0 Å². The highest BCUT2D eigenvalue weighted by molar-refractivity contribution is 5.91. The lowest BCUT2D eigenvalue weighted by molar-refractivity contribution is -0.142. The smallest absolute Gasteiger partial charge is 0.330 e. The van der Waals surface area contributed by atoms with Gasteiger partial charge in [0.1, 0.15) is 17.7 Å². The number of rotatable bonds is 7. The van der Waals surface area contributed by atoms with Crippen molar-refractivity contribution < 1.29 is 28.3 Å². The van der Waals surface area contributed by atoms with E-state index in [4.69, 9.17) is 0 Å². The molecule has 6 nitrogen and oxygen atoms in total. The predicted molar refractivity (Wildman–Crippen MR) is 92.6 cm³/mol. The Hall–Kier alpha value is -3.29. The van der Waals surface area contributed by atoms with Crippen LogP contribution in [0.4, 0.5) is 8.78 Å². The molecule has 2 rings (SSSR count). The van der Waals surface area contributed by atoms with Crippen molar-refractivity contribution in [3.05, 3.63) is 71.3 Å². The van der Waals surface area contributed by atoms with Gasteiger partial charge in [0.25, 0.3) is 0 Å². The van der Waals surface area contributed by atoms with Crippen molar-refractivity contribution >= 4 is 17.8 Å². The molecule has 27 heavy (non-hydrogen) atoms. The second kappa shape index (κ2) is 8.88. The molecule has 0 aliphatic rings. The van der Waals surface area contributed by atoms with Gasteiger partial charge in [-0.3, -0.25) is 9.59 Å². The van der Waals surface area contributed by atoms with E-state index in [1.54, 1.807) is 30.3 Å². The maximum absolute atomic E-state index is 13.2. The maximum atomic E-state index is 13.2. The number of hydrogen-bond acceptors (Lipinski definition) is 3. The number of amides is 2. The highest BCUT2D eigenvalue weighted by atomic mass is 19.1. The Kier molecular flexibility index (Phi) is 6.59. The summed E-state index contributed by atoms with van der Waals surface area (Å²) in [5, 5.41) is 14.0. The molecule has 0 aromatic heterocycles. The second-order valence-corrected chi connectivity index (χ2v) is 5.93. The van der Waals surface area contributed by atoms with Crippen LogP contribution in [0.5, 0.6) is 0 Å². The summed E-state index contributed by atoms with van der Waals surface area (Å²) in [5.74, 6) is -4.20. The summed E-state index contributed by atoms with van der Waals surface area (Å²) in [6, 6.07) is 8.52. The third kappa shape index (κ3) is 5.88. The van der Waals surface area contributed by atoms with Crippen LogP contribution in [0.1, 0.15) is 24.1 Å². The quantitative estimate of drug-likeness (QED) is 0.688. The van der Waals surface area contributed by atoms with Crippen molar-refractivity contribution in [2.75, 3.05) is 0 Å². The number of carboxylic acids is 1. The van der Waals surface area contributed by atoms with Gasteiger partial charge in [-0.1, -0.05) is 30.3 Å². The van der Waals surface area contributed by atoms with Crippen LogP contribution in [-0.2, 0) is 20.8 Å². The maximum Gasteiger partial charge on any atom is 0.330 e. The lowest BCUT2D eigenvalue weighted by Gasteiger charge is -2.19. The van der Waals surface area contributed by atoms with Crippen molar-refractivity contribution in [1.82, 2.24) is 10.6 Å². The monoisotopic (exact) mass is 376 g/mol. The number of carbonyl (C=O) groups is 3. The first kappa shape index (κ1) is 20.0. The van der Waals surface area contributed by atoms with E-state index in [2.05, 4.69) is 10.6 Å². The SMILES string of the molecule is CC(NC(=O)Cc1cc(F)cc(F)c1)C(=O)N[C@H](C(=O)O)c1ccccc1. The Morgan fingerprint density at radius 3 is 2.15 bits per heavy atom. The van der Waals surface area contributed by atoms with E-state index in [0.717, 1.165) is 12.1 Å². The second-order valence-electron chi connectivity index (χ2n) is 5.93. The Balaban J connectivity index is 1.97. The molecule has 0 aliphatic heterocycles. The fourth-order valence-corrected chi connectivity index (χ4v) is 2.46. The van der Waals surface area contributed by atoms with Crippen molar-refractivity contribution in [3.8, 4) is 0 Å². The molecule has 0 heterocycles. The molecule has 0 aliphatic carbocycles. The Labute approximate surface area is 154 Å². The van der Waals surface area contributed by atoms with Crippen LogP contribution < -0.4 is 10.6 Å². The molecule has 8 heteroatoms. The van der Waals surface area contributed by atoms with Crippen molar-refractivity contribution in [1.29, 1.82) is 0 Å².